The van der Waals surface area contributed by atoms with Crippen LogP contribution in [0.5, 0.6) is 0 Å². The van der Waals surface area contributed by atoms with Gasteiger partial charge >= 0.3 is 23.9 Å². The molecule has 0 heterocycles. The van der Waals surface area contributed by atoms with Gasteiger partial charge in [0, 0.05) is 12.1 Å². The molecule has 0 aromatic rings. The maximum Gasteiger partial charge on any atom is 0.414 e. The molecule has 0 amide bonds. The third-order valence-corrected chi connectivity index (χ3v) is 5.69. The number of ether oxygens (including phenoxy) is 2. The Kier molecular flexibility index (Phi) is 16.2. The molecule has 186 valence electrons. The Morgan fingerprint density at radius 1 is 0.656 bits per heavy atom. The Morgan fingerprint density at radius 2 is 0.938 bits per heavy atom. The molecule has 2 saturated carbocycles. The molecule has 4 N–H and O–H groups in total. The third-order valence-electron chi connectivity index (χ3n) is 5.69. The molecule has 32 heavy (non-hydrogen) atoms. The van der Waals surface area contributed by atoms with Crippen LogP contribution in [0.3, 0.4) is 0 Å². The first-order chi connectivity index (χ1) is 15.2. The summed E-state index contributed by atoms with van der Waals surface area (Å²) in [5, 5.41) is 21.3. The maximum atomic E-state index is 11.4. The van der Waals surface area contributed by atoms with Gasteiger partial charge < -0.3 is 30.3 Å². The van der Waals surface area contributed by atoms with E-state index in [2.05, 4.69) is 10.6 Å². The minimum Gasteiger partial charge on any atom is -0.473 e. The van der Waals surface area contributed by atoms with E-state index in [1.807, 2.05) is 27.9 Å². The van der Waals surface area contributed by atoms with Crippen molar-refractivity contribution in [2.45, 2.75) is 77.3 Å². The number of hydrogen-bond acceptors (Lipinski definition) is 8. The van der Waals surface area contributed by atoms with Gasteiger partial charge in [0.15, 0.2) is 0 Å². The van der Waals surface area contributed by atoms with Gasteiger partial charge in [0.25, 0.3) is 0 Å². The topological polar surface area (TPSA) is 151 Å². The van der Waals surface area contributed by atoms with Crippen LogP contribution in [0.4, 0.5) is 0 Å². The molecule has 0 aliphatic heterocycles. The van der Waals surface area contributed by atoms with Crippen molar-refractivity contribution in [1.82, 2.24) is 10.6 Å². The summed E-state index contributed by atoms with van der Waals surface area (Å²) >= 11 is 0. The van der Waals surface area contributed by atoms with Gasteiger partial charge in [-0.3, -0.25) is 9.59 Å². The van der Waals surface area contributed by atoms with Gasteiger partial charge in [0.05, 0.1) is 25.0 Å². The number of carbonyl (C=O) groups excluding carboxylic acids is 2. The second-order valence-corrected chi connectivity index (χ2v) is 7.79. The number of nitrogens with one attached hydrogen (secondary N) is 2. The molecular formula is C22H40N2O8. The average molecular weight is 461 g/mol. The number of aliphatic carboxylic acids is 2. The van der Waals surface area contributed by atoms with E-state index in [-0.39, 0.29) is 23.8 Å². The molecule has 2 fully saturated rings. The van der Waals surface area contributed by atoms with Gasteiger partial charge in [-0.05, 0) is 79.3 Å². The van der Waals surface area contributed by atoms with E-state index in [0.717, 1.165) is 51.4 Å². The molecule has 2 aliphatic rings. The molecule has 0 aromatic carbocycles. The molecule has 0 atom stereocenters. The molecular weight excluding hydrogens is 420 g/mol. The standard InChI is InChI=1S/2C10H19NO2.C2H2O4/c2*1-3-13-10(12)8-4-6-9(11-2)7-5-8;3-1(4)2(5)6/h2*8-9,11H,3-7H2,1-2H3;(H,3,4)(H,5,6). The molecule has 2 rings (SSSR count). The molecule has 0 saturated heterocycles. The second kappa shape index (κ2) is 17.4. The normalized spacial score (nSPS) is 24.5. The summed E-state index contributed by atoms with van der Waals surface area (Å²) in [5.41, 5.74) is 0. The Bertz CT molecular complexity index is 518. The Balaban J connectivity index is 0.000000484. The van der Waals surface area contributed by atoms with Crippen molar-refractivity contribution in [3.8, 4) is 0 Å². The molecule has 0 bridgehead atoms. The lowest BCUT2D eigenvalue weighted by Gasteiger charge is -2.26. The fourth-order valence-corrected chi connectivity index (χ4v) is 3.76. The van der Waals surface area contributed by atoms with Crippen molar-refractivity contribution >= 4 is 23.9 Å². The Hall–Kier alpha value is -2.20. The monoisotopic (exact) mass is 460 g/mol. The van der Waals surface area contributed by atoms with Crippen LogP contribution in [-0.4, -0.2) is 73.5 Å². The predicted octanol–water partition coefficient (Wildman–Crippen LogP) is 1.81. The minimum absolute atomic E-state index is 0.00273. The van der Waals surface area contributed by atoms with E-state index in [9.17, 15) is 9.59 Å². The number of hydrogen-bond donors (Lipinski definition) is 4. The van der Waals surface area contributed by atoms with Gasteiger partial charge in [-0.15, -0.1) is 0 Å². The highest BCUT2D eigenvalue weighted by atomic mass is 16.5. The lowest BCUT2D eigenvalue weighted by molar-refractivity contribution is -0.159. The summed E-state index contributed by atoms with van der Waals surface area (Å²) in [6.45, 7) is 4.73. The van der Waals surface area contributed by atoms with Crippen molar-refractivity contribution in [3.05, 3.63) is 0 Å². The molecule has 0 aromatic heterocycles. The lowest BCUT2D eigenvalue weighted by atomic mass is 9.86. The highest BCUT2D eigenvalue weighted by Crippen LogP contribution is 2.25. The first-order valence-electron chi connectivity index (χ1n) is 11.3. The predicted molar refractivity (Wildman–Crippen MR) is 118 cm³/mol. The molecule has 0 radical (unpaired) electrons. The highest BCUT2D eigenvalue weighted by molar-refractivity contribution is 6.27. The zero-order valence-electron chi connectivity index (χ0n) is 19.7. The van der Waals surface area contributed by atoms with Crippen molar-refractivity contribution in [3.63, 3.8) is 0 Å². The third kappa shape index (κ3) is 12.6. The number of rotatable bonds is 6. The number of carbonyl (C=O) groups is 4. The van der Waals surface area contributed by atoms with Gasteiger partial charge in [0.1, 0.15) is 0 Å². The fraction of sp³-hybridized carbons (Fsp3) is 0.818. The number of carboxylic acid groups (broad SMARTS) is 2. The fourth-order valence-electron chi connectivity index (χ4n) is 3.76. The summed E-state index contributed by atoms with van der Waals surface area (Å²) in [7, 11) is 3.96. The van der Waals surface area contributed by atoms with Crippen LogP contribution >= 0.6 is 0 Å². The van der Waals surface area contributed by atoms with Gasteiger partial charge in [-0.2, -0.15) is 0 Å². The zero-order valence-corrected chi connectivity index (χ0v) is 19.7. The summed E-state index contributed by atoms with van der Waals surface area (Å²) in [5.74, 6) is -3.34. The largest absolute Gasteiger partial charge is 0.473 e. The molecule has 0 spiro atoms. The van der Waals surface area contributed by atoms with E-state index in [4.69, 9.17) is 29.3 Å². The van der Waals surface area contributed by atoms with Gasteiger partial charge in [-0.25, -0.2) is 9.59 Å². The quantitative estimate of drug-likeness (QED) is 0.341. The maximum absolute atomic E-state index is 11.4. The van der Waals surface area contributed by atoms with Crippen molar-refractivity contribution in [2.24, 2.45) is 11.8 Å². The van der Waals surface area contributed by atoms with Crippen LogP contribution in [0.15, 0.2) is 0 Å². The van der Waals surface area contributed by atoms with Crippen LogP contribution in [0.25, 0.3) is 0 Å². The number of carboxylic acids is 2. The molecule has 10 nitrogen and oxygen atoms in total. The van der Waals surface area contributed by atoms with Crippen LogP contribution in [0.1, 0.15) is 65.2 Å². The van der Waals surface area contributed by atoms with E-state index in [1.54, 1.807) is 0 Å². The smallest absolute Gasteiger partial charge is 0.414 e. The second-order valence-electron chi connectivity index (χ2n) is 7.79. The van der Waals surface area contributed by atoms with Gasteiger partial charge in [-0.1, -0.05) is 0 Å². The molecule has 2 aliphatic carbocycles. The summed E-state index contributed by atoms with van der Waals surface area (Å²) in [6.07, 6.45) is 8.29. The Morgan fingerprint density at radius 3 is 1.12 bits per heavy atom. The summed E-state index contributed by atoms with van der Waals surface area (Å²) in [6, 6.07) is 1.20. The van der Waals surface area contributed by atoms with Crippen LogP contribution in [0, 0.1) is 11.8 Å². The lowest BCUT2D eigenvalue weighted by Crippen LogP contribution is -2.33. The Labute approximate surface area is 190 Å². The summed E-state index contributed by atoms with van der Waals surface area (Å²) < 4.78 is 9.98. The van der Waals surface area contributed by atoms with Gasteiger partial charge in [0.2, 0.25) is 0 Å². The van der Waals surface area contributed by atoms with E-state index in [0.29, 0.717) is 25.3 Å². The van der Waals surface area contributed by atoms with E-state index < -0.39 is 11.9 Å². The SMILES string of the molecule is CCOC(=O)C1CCC(NC)CC1.CCOC(=O)C1CCC(NC)CC1.O=C(O)C(=O)O. The first kappa shape index (κ1) is 29.8. The first-order valence-corrected chi connectivity index (χ1v) is 11.3. The van der Waals surface area contributed by atoms with Crippen LogP contribution < -0.4 is 10.6 Å². The number of esters is 2. The summed E-state index contributed by atoms with van der Waals surface area (Å²) in [4.78, 5) is 40.9. The van der Waals surface area contributed by atoms with Crippen molar-refractivity contribution in [1.29, 1.82) is 0 Å². The zero-order chi connectivity index (χ0) is 24.5. The molecule has 0 unspecified atom stereocenters. The van der Waals surface area contributed by atoms with Crippen LogP contribution in [-0.2, 0) is 28.7 Å². The van der Waals surface area contributed by atoms with Crippen molar-refractivity contribution in [2.75, 3.05) is 27.3 Å². The average Bonchev–Trinajstić information content (AvgIpc) is 2.80. The molecule has 10 heteroatoms. The minimum atomic E-state index is -1.82. The van der Waals surface area contributed by atoms with Crippen LogP contribution in [0.2, 0.25) is 0 Å². The highest BCUT2D eigenvalue weighted by Gasteiger charge is 2.27. The van der Waals surface area contributed by atoms with Crippen molar-refractivity contribution < 1.29 is 38.9 Å². The van der Waals surface area contributed by atoms with E-state index >= 15 is 0 Å². The van der Waals surface area contributed by atoms with E-state index in [1.165, 1.54) is 0 Å².